The lowest BCUT2D eigenvalue weighted by molar-refractivity contribution is 0.521. The highest BCUT2D eigenvalue weighted by Crippen LogP contribution is 2.21. The van der Waals surface area contributed by atoms with Crippen LogP contribution in [0.25, 0.3) is 0 Å². The first-order valence-corrected chi connectivity index (χ1v) is 7.79. The number of rotatable bonds is 9. The van der Waals surface area contributed by atoms with Crippen LogP contribution in [0.15, 0.2) is 16.6 Å². The molecular weight excluding hydrogens is 312 g/mol. The molecule has 1 N–H and O–H groups in total. The zero-order valence-corrected chi connectivity index (χ0v) is 13.0. The van der Waals surface area contributed by atoms with Crippen LogP contribution in [0, 0.1) is 11.6 Å². The summed E-state index contributed by atoms with van der Waals surface area (Å²) >= 11 is 3.07. The molecule has 4 heteroatoms. The van der Waals surface area contributed by atoms with E-state index in [2.05, 4.69) is 28.2 Å². The fraction of sp³-hybridized carbons (Fsp3) is 0.600. The summed E-state index contributed by atoms with van der Waals surface area (Å²) in [5.74, 6) is -0.994. The molecule has 108 valence electrons. The van der Waals surface area contributed by atoms with Crippen molar-refractivity contribution in [1.29, 1.82) is 0 Å². The van der Waals surface area contributed by atoms with E-state index in [4.69, 9.17) is 0 Å². The van der Waals surface area contributed by atoms with E-state index < -0.39 is 11.6 Å². The lowest BCUT2D eigenvalue weighted by Gasteiger charge is -2.08. The molecule has 19 heavy (non-hydrogen) atoms. The van der Waals surface area contributed by atoms with Crippen molar-refractivity contribution in [3.05, 3.63) is 33.8 Å². The first-order chi connectivity index (χ1) is 9.16. The standard InChI is InChI=1S/C15H22BrF2N/c1-2-3-4-5-6-7-10-19-11-12-14(17)9-8-13(16)15(12)18/h8-9,19H,2-7,10-11H2,1H3. The highest BCUT2D eigenvalue weighted by Gasteiger charge is 2.11. The van der Waals surface area contributed by atoms with Gasteiger partial charge in [-0.2, -0.15) is 0 Å². The fourth-order valence-electron chi connectivity index (χ4n) is 1.97. The van der Waals surface area contributed by atoms with Crippen molar-refractivity contribution in [2.45, 2.75) is 52.0 Å². The van der Waals surface area contributed by atoms with E-state index in [0.29, 0.717) is 4.47 Å². The van der Waals surface area contributed by atoms with Crippen LogP contribution in [0.4, 0.5) is 8.78 Å². The van der Waals surface area contributed by atoms with Crippen molar-refractivity contribution in [3.63, 3.8) is 0 Å². The van der Waals surface area contributed by atoms with Gasteiger partial charge in [0.2, 0.25) is 0 Å². The summed E-state index contributed by atoms with van der Waals surface area (Å²) in [5.41, 5.74) is 0.111. The molecule has 1 rings (SSSR count). The Labute approximate surface area is 122 Å². The van der Waals surface area contributed by atoms with Gasteiger partial charge < -0.3 is 5.32 Å². The average Bonchev–Trinajstić information content (AvgIpc) is 2.40. The third-order valence-corrected chi connectivity index (χ3v) is 3.76. The SMILES string of the molecule is CCCCCCCCNCc1c(F)ccc(Br)c1F. The van der Waals surface area contributed by atoms with Gasteiger partial charge in [0.25, 0.3) is 0 Å². The van der Waals surface area contributed by atoms with E-state index in [1.165, 1.54) is 44.2 Å². The molecule has 0 aliphatic carbocycles. The number of hydrogen-bond donors (Lipinski definition) is 1. The van der Waals surface area contributed by atoms with Crippen LogP contribution < -0.4 is 5.32 Å². The van der Waals surface area contributed by atoms with Gasteiger partial charge in [-0.25, -0.2) is 8.78 Å². The smallest absolute Gasteiger partial charge is 0.144 e. The molecule has 0 spiro atoms. The first-order valence-electron chi connectivity index (χ1n) is 7.00. The zero-order chi connectivity index (χ0) is 14.1. The molecule has 1 nitrogen and oxygen atoms in total. The van der Waals surface area contributed by atoms with Gasteiger partial charge >= 0.3 is 0 Å². The highest BCUT2D eigenvalue weighted by molar-refractivity contribution is 9.10. The topological polar surface area (TPSA) is 12.0 Å². The third kappa shape index (κ3) is 6.00. The minimum atomic E-state index is -0.504. The van der Waals surface area contributed by atoms with Gasteiger partial charge in [0.15, 0.2) is 0 Å². The predicted molar refractivity (Wildman–Crippen MR) is 79.1 cm³/mol. The van der Waals surface area contributed by atoms with Crippen LogP contribution in [0.5, 0.6) is 0 Å². The van der Waals surface area contributed by atoms with Crippen LogP contribution in [-0.2, 0) is 6.54 Å². The van der Waals surface area contributed by atoms with Crippen LogP contribution in [0.3, 0.4) is 0 Å². The lowest BCUT2D eigenvalue weighted by Crippen LogP contribution is -2.17. The van der Waals surface area contributed by atoms with E-state index >= 15 is 0 Å². The Morgan fingerprint density at radius 2 is 1.74 bits per heavy atom. The van der Waals surface area contributed by atoms with Crippen LogP contribution in [-0.4, -0.2) is 6.54 Å². The Hall–Kier alpha value is -0.480. The monoisotopic (exact) mass is 333 g/mol. The molecule has 0 bridgehead atoms. The maximum Gasteiger partial charge on any atom is 0.144 e. The molecule has 0 aliphatic heterocycles. The van der Waals surface area contributed by atoms with Crippen LogP contribution in [0.2, 0.25) is 0 Å². The quantitative estimate of drug-likeness (QED) is 0.485. The van der Waals surface area contributed by atoms with Crippen LogP contribution in [0.1, 0.15) is 51.0 Å². The van der Waals surface area contributed by atoms with Gasteiger partial charge in [0.05, 0.1) is 4.47 Å². The van der Waals surface area contributed by atoms with Gasteiger partial charge in [0.1, 0.15) is 11.6 Å². The lowest BCUT2D eigenvalue weighted by atomic mass is 10.1. The molecule has 0 fully saturated rings. The highest BCUT2D eigenvalue weighted by atomic mass is 79.9. The van der Waals surface area contributed by atoms with Crippen molar-refractivity contribution in [1.82, 2.24) is 5.32 Å². The van der Waals surface area contributed by atoms with E-state index in [1.807, 2.05) is 0 Å². The molecule has 0 amide bonds. The van der Waals surface area contributed by atoms with Crippen LogP contribution >= 0.6 is 15.9 Å². The van der Waals surface area contributed by atoms with Gasteiger partial charge in [-0.1, -0.05) is 39.0 Å². The summed E-state index contributed by atoms with van der Waals surface area (Å²) < 4.78 is 27.4. The minimum absolute atomic E-state index is 0.111. The van der Waals surface area contributed by atoms with Gasteiger partial charge in [0, 0.05) is 12.1 Å². The summed E-state index contributed by atoms with van der Waals surface area (Å²) in [6.45, 7) is 3.24. The molecule has 1 aromatic rings. The van der Waals surface area contributed by atoms with Gasteiger partial charge in [-0.15, -0.1) is 0 Å². The summed E-state index contributed by atoms with van der Waals surface area (Å²) in [6, 6.07) is 2.68. The summed E-state index contributed by atoms with van der Waals surface area (Å²) in [6.07, 6.45) is 7.31. The Kier molecular flexibility index (Phi) is 8.22. The Balaban J connectivity index is 2.21. The second-order valence-corrected chi connectivity index (χ2v) is 5.62. The van der Waals surface area contributed by atoms with E-state index in [9.17, 15) is 8.78 Å². The first kappa shape index (κ1) is 16.6. The van der Waals surface area contributed by atoms with E-state index in [0.717, 1.165) is 13.0 Å². The number of halogens is 3. The van der Waals surface area contributed by atoms with Gasteiger partial charge in [-0.3, -0.25) is 0 Å². The largest absolute Gasteiger partial charge is 0.312 e. The molecule has 0 heterocycles. The fourth-order valence-corrected chi connectivity index (χ4v) is 2.35. The Bertz CT molecular complexity index is 383. The Morgan fingerprint density at radius 1 is 1.05 bits per heavy atom. The summed E-state index contributed by atoms with van der Waals surface area (Å²) in [7, 11) is 0. The maximum absolute atomic E-state index is 13.7. The minimum Gasteiger partial charge on any atom is -0.312 e. The molecule has 0 radical (unpaired) electrons. The number of unbranched alkanes of at least 4 members (excludes halogenated alkanes) is 5. The van der Waals surface area contributed by atoms with E-state index in [-0.39, 0.29) is 12.1 Å². The van der Waals surface area contributed by atoms with Crippen molar-refractivity contribution >= 4 is 15.9 Å². The van der Waals surface area contributed by atoms with Crippen molar-refractivity contribution in [3.8, 4) is 0 Å². The Morgan fingerprint density at radius 3 is 2.47 bits per heavy atom. The molecule has 0 aliphatic rings. The number of nitrogens with one attached hydrogen (secondary N) is 1. The molecule has 0 saturated carbocycles. The molecule has 0 unspecified atom stereocenters. The summed E-state index contributed by atoms with van der Waals surface area (Å²) in [4.78, 5) is 0. The van der Waals surface area contributed by atoms with Gasteiger partial charge in [-0.05, 0) is 41.0 Å². The zero-order valence-electron chi connectivity index (χ0n) is 11.4. The average molecular weight is 334 g/mol. The molecular formula is C15H22BrF2N. The maximum atomic E-state index is 13.7. The number of benzene rings is 1. The van der Waals surface area contributed by atoms with Crippen molar-refractivity contribution < 1.29 is 8.78 Å². The third-order valence-electron chi connectivity index (χ3n) is 3.15. The molecule has 0 atom stereocenters. The predicted octanol–water partition coefficient (Wildman–Crippen LogP) is 5.18. The molecule has 0 saturated heterocycles. The van der Waals surface area contributed by atoms with Crippen molar-refractivity contribution in [2.24, 2.45) is 0 Å². The second-order valence-electron chi connectivity index (χ2n) is 4.77. The van der Waals surface area contributed by atoms with Crippen molar-refractivity contribution in [2.75, 3.05) is 6.54 Å². The van der Waals surface area contributed by atoms with E-state index in [1.54, 1.807) is 0 Å². The number of hydrogen-bond acceptors (Lipinski definition) is 1. The molecule has 0 aromatic heterocycles. The normalized spacial score (nSPS) is 10.9. The molecule has 1 aromatic carbocycles. The second kappa shape index (κ2) is 9.43. The summed E-state index contributed by atoms with van der Waals surface area (Å²) in [5, 5.41) is 3.10.